The Morgan fingerprint density at radius 1 is 1.10 bits per heavy atom. The number of carbonyl (C=O) groups excluding carboxylic acids is 3. The van der Waals surface area contributed by atoms with Crippen molar-refractivity contribution in [2.24, 2.45) is 5.92 Å². The van der Waals surface area contributed by atoms with Crippen molar-refractivity contribution in [2.45, 2.75) is 58.5 Å². The molecule has 1 saturated heterocycles. The Morgan fingerprint density at radius 2 is 1.72 bits per heavy atom. The SMILES string of the molecule is CCC(=O)N1CCC([C@H](NC(=O)c2ccc(OC)cc2)C(=O)N[C@H](C)CC)CC1. The summed E-state index contributed by atoms with van der Waals surface area (Å²) in [6.45, 7) is 7.03. The Labute approximate surface area is 173 Å². The van der Waals surface area contributed by atoms with Crippen LogP contribution in [-0.2, 0) is 9.59 Å². The Kier molecular flexibility index (Phi) is 8.49. The van der Waals surface area contributed by atoms with E-state index in [-0.39, 0.29) is 29.7 Å². The number of carbonyl (C=O) groups is 3. The molecule has 0 spiro atoms. The Balaban J connectivity index is 2.11. The lowest BCUT2D eigenvalue weighted by Gasteiger charge is -2.36. The lowest BCUT2D eigenvalue weighted by molar-refractivity contribution is -0.132. The first-order valence-electron chi connectivity index (χ1n) is 10.4. The molecule has 1 aromatic rings. The minimum absolute atomic E-state index is 0.0119. The van der Waals surface area contributed by atoms with Gasteiger partial charge in [-0.15, -0.1) is 0 Å². The van der Waals surface area contributed by atoms with Gasteiger partial charge in [0, 0.05) is 31.1 Å². The summed E-state index contributed by atoms with van der Waals surface area (Å²) in [5.74, 6) is 0.333. The molecule has 1 fully saturated rings. The quantitative estimate of drug-likeness (QED) is 0.698. The zero-order valence-corrected chi connectivity index (χ0v) is 17.9. The van der Waals surface area contributed by atoms with Crippen LogP contribution < -0.4 is 15.4 Å². The van der Waals surface area contributed by atoms with Crippen molar-refractivity contribution in [2.75, 3.05) is 20.2 Å². The minimum Gasteiger partial charge on any atom is -0.497 e. The van der Waals surface area contributed by atoms with Gasteiger partial charge in [-0.3, -0.25) is 14.4 Å². The van der Waals surface area contributed by atoms with E-state index >= 15 is 0 Å². The Bertz CT molecular complexity index is 697. The molecule has 2 atom stereocenters. The van der Waals surface area contributed by atoms with Crippen molar-refractivity contribution in [1.82, 2.24) is 15.5 Å². The van der Waals surface area contributed by atoms with Crippen LogP contribution >= 0.6 is 0 Å². The number of amides is 3. The summed E-state index contributed by atoms with van der Waals surface area (Å²) in [7, 11) is 1.57. The Hall–Kier alpha value is -2.57. The van der Waals surface area contributed by atoms with Gasteiger partial charge < -0.3 is 20.3 Å². The summed E-state index contributed by atoms with van der Waals surface area (Å²) >= 11 is 0. The smallest absolute Gasteiger partial charge is 0.251 e. The molecule has 2 rings (SSSR count). The summed E-state index contributed by atoms with van der Waals surface area (Å²) < 4.78 is 5.13. The maximum atomic E-state index is 12.9. The maximum absolute atomic E-state index is 12.9. The standard InChI is InChI=1S/C22H33N3O4/c1-5-15(3)23-22(28)20(16-11-13-25(14-12-16)19(26)6-2)24-21(27)17-7-9-18(29-4)10-8-17/h7-10,15-16,20H,5-6,11-14H2,1-4H3,(H,23,28)(H,24,27)/t15-,20+/m1/s1. The molecule has 3 amide bonds. The fraction of sp³-hybridized carbons (Fsp3) is 0.591. The fourth-order valence-electron chi connectivity index (χ4n) is 3.50. The number of nitrogens with zero attached hydrogens (tertiary/aromatic N) is 1. The van der Waals surface area contributed by atoms with E-state index in [4.69, 9.17) is 4.74 Å². The summed E-state index contributed by atoms with van der Waals surface area (Å²) in [6, 6.07) is 6.21. The zero-order valence-electron chi connectivity index (χ0n) is 17.9. The highest BCUT2D eigenvalue weighted by molar-refractivity contribution is 5.97. The molecular weight excluding hydrogens is 370 g/mol. The number of nitrogens with one attached hydrogen (secondary N) is 2. The molecule has 1 aliphatic heterocycles. The molecule has 0 aliphatic carbocycles. The minimum atomic E-state index is -0.627. The van der Waals surface area contributed by atoms with Crippen LogP contribution in [0.1, 0.15) is 56.8 Å². The first-order chi connectivity index (χ1) is 13.9. The van der Waals surface area contributed by atoms with Crippen molar-refractivity contribution in [1.29, 1.82) is 0 Å². The first-order valence-corrected chi connectivity index (χ1v) is 10.4. The molecule has 0 aromatic heterocycles. The Morgan fingerprint density at radius 3 is 2.24 bits per heavy atom. The molecule has 0 saturated carbocycles. The molecule has 0 radical (unpaired) electrons. The van der Waals surface area contributed by atoms with E-state index in [1.165, 1.54) is 0 Å². The summed E-state index contributed by atoms with van der Waals surface area (Å²) in [6.07, 6.45) is 2.67. The van der Waals surface area contributed by atoms with Crippen LogP contribution in [0.3, 0.4) is 0 Å². The van der Waals surface area contributed by atoms with Crippen LogP contribution in [0, 0.1) is 5.92 Å². The van der Waals surface area contributed by atoms with Crippen molar-refractivity contribution < 1.29 is 19.1 Å². The second kappa shape index (κ2) is 10.8. The third-order valence-electron chi connectivity index (χ3n) is 5.59. The number of hydrogen-bond acceptors (Lipinski definition) is 4. The molecule has 7 heteroatoms. The van der Waals surface area contributed by atoms with E-state index in [1.807, 2.05) is 25.7 Å². The van der Waals surface area contributed by atoms with Crippen molar-refractivity contribution in [3.05, 3.63) is 29.8 Å². The summed E-state index contributed by atoms with van der Waals surface area (Å²) in [4.78, 5) is 39.5. The normalized spacial score (nSPS) is 16.6. The number of likely N-dealkylation sites (tertiary alicyclic amines) is 1. The second-order valence-corrected chi connectivity index (χ2v) is 7.57. The van der Waals surface area contributed by atoms with Gasteiger partial charge in [-0.05, 0) is 56.4 Å². The predicted molar refractivity (Wildman–Crippen MR) is 112 cm³/mol. The number of hydrogen-bond donors (Lipinski definition) is 2. The van der Waals surface area contributed by atoms with Gasteiger partial charge in [-0.25, -0.2) is 0 Å². The van der Waals surface area contributed by atoms with Crippen LogP contribution in [0.15, 0.2) is 24.3 Å². The third-order valence-corrected chi connectivity index (χ3v) is 5.59. The van der Waals surface area contributed by atoms with Gasteiger partial charge in [-0.1, -0.05) is 13.8 Å². The van der Waals surface area contributed by atoms with Crippen LogP contribution in [0.25, 0.3) is 0 Å². The van der Waals surface area contributed by atoms with Gasteiger partial charge >= 0.3 is 0 Å². The topological polar surface area (TPSA) is 87.7 Å². The largest absolute Gasteiger partial charge is 0.497 e. The molecule has 1 heterocycles. The highest BCUT2D eigenvalue weighted by atomic mass is 16.5. The fourth-order valence-corrected chi connectivity index (χ4v) is 3.50. The lowest BCUT2D eigenvalue weighted by Crippen LogP contribution is -2.55. The monoisotopic (exact) mass is 403 g/mol. The van der Waals surface area contributed by atoms with Crippen LogP contribution in [0.5, 0.6) is 5.75 Å². The van der Waals surface area contributed by atoms with E-state index in [9.17, 15) is 14.4 Å². The first kappa shape index (κ1) is 22.7. The third kappa shape index (κ3) is 6.21. The van der Waals surface area contributed by atoms with Gasteiger partial charge in [0.1, 0.15) is 11.8 Å². The van der Waals surface area contributed by atoms with E-state index in [2.05, 4.69) is 10.6 Å². The van der Waals surface area contributed by atoms with Crippen molar-refractivity contribution >= 4 is 17.7 Å². The van der Waals surface area contributed by atoms with E-state index in [1.54, 1.807) is 31.4 Å². The van der Waals surface area contributed by atoms with Gasteiger partial charge in [-0.2, -0.15) is 0 Å². The predicted octanol–water partition coefficient (Wildman–Crippen LogP) is 2.36. The van der Waals surface area contributed by atoms with Crippen molar-refractivity contribution in [3.8, 4) is 5.75 Å². The van der Waals surface area contributed by atoms with E-state index < -0.39 is 6.04 Å². The van der Waals surface area contributed by atoms with Gasteiger partial charge in [0.25, 0.3) is 5.91 Å². The molecule has 0 unspecified atom stereocenters. The molecule has 2 N–H and O–H groups in total. The van der Waals surface area contributed by atoms with E-state index in [0.717, 1.165) is 6.42 Å². The number of rotatable bonds is 8. The van der Waals surface area contributed by atoms with Crippen LogP contribution in [0.2, 0.25) is 0 Å². The molecule has 7 nitrogen and oxygen atoms in total. The average molecular weight is 404 g/mol. The average Bonchev–Trinajstić information content (AvgIpc) is 2.76. The van der Waals surface area contributed by atoms with Crippen LogP contribution in [0.4, 0.5) is 0 Å². The highest BCUT2D eigenvalue weighted by Crippen LogP contribution is 2.22. The zero-order chi connectivity index (χ0) is 21.4. The van der Waals surface area contributed by atoms with Gasteiger partial charge in [0.2, 0.25) is 11.8 Å². The number of methoxy groups -OCH3 is 1. The van der Waals surface area contributed by atoms with Gasteiger partial charge in [0.05, 0.1) is 7.11 Å². The molecule has 160 valence electrons. The number of ether oxygens (including phenoxy) is 1. The summed E-state index contributed by atoms with van der Waals surface area (Å²) in [5, 5.41) is 5.93. The molecule has 1 aromatic carbocycles. The number of benzene rings is 1. The highest BCUT2D eigenvalue weighted by Gasteiger charge is 2.34. The summed E-state index contributed by atoms with van der Waals surface area (Å²) in [5.41, 5.74) is 0.478. The molecule has 0 bridgehead atoms. The van der Waals surface area contributed by atoms with Crippen LogP contribution in [-0.4, -0.2) is 54.9 Å². The van der Waals surface area contributed by atoms with E-state index in [0.29, 0.717) is 43.7 Å². The molecule has 1 aliphatic rings. The second-order valence-electron chi connectivity index (χ2n) is 7.57. The molecular formula is C22H33N3O4. The number of piperidine rings is 1. The van der Waals surface area contributed by atoms with Crippen molar-refractivity contribution in [3.63, 3.8) is 0 Å². The lowest BCUT2D eigenvalue weighted by atomic mass is 9.88. The maximum Gasteiger partial charge on any atom is 0.251 e. The van der Waals surface area contributed by atoms with Gasteiger partial charge in [0.15, 0.2) is 0 Å². The molecule has 29 heavy (non-hydrogen) atoms.